The van der Waals surface area contributed by atoms with Crippen LogP contribution in [-0.2, 0) is 0 Å². The third kappa shape index (κ3) is 3.54. The number of carboxylic acid groups (broad SMARTS) is 1. The van der Waals surface area contributed by atoms with Gasteiger partial charge in [0.25, 0.3) is 0 Å². The molecular weight excluding hydrogens is 360 g/mol. The average Bonchev–Trinajstić information content (AvgIpc) is 3.35. The highest BCUT2D eigenvalue weighted by Gasteiger charge is 2.11. The SMILES string of the molecule is O=C(O)c1cccc(-c2ccc(/C=N\NC(=O)c3cc4ccccc4o3)o2)c1. The summed E-state index contributed by atoms with van der Waals surface area (Å²) >= 11 is 0. The van der Waals surface area contributed by atoms with Gasteiger partial charge in [0, 0.05) is 10.9 Å². The van der Waals surface area contributed by atoms with Crippen LogP contribution in [0.25, 0.3) is 22.3 Å². The first-order valence-electron chi connectivity index (χ1n) is 8.36. The van der Waals surface area contributed by atoms with Crippen molar-refractivity contribution in [2.75, 3.05) is 0 Å². The zero-order valence-electron chi connectivity index (χ0n) is 14.5. The molecule has 0 aliphatic heterocycles. The van der Waals surface area contributed by atoms with Gasteiger partial charge in [0.1, 0.15) is 17.1 Å². The predicted octanol–water partition coefficient (Wildman–Crippen LogP) is 4.15. The fourth-order valence-corrected chi connectivity index (χ4v) is 2.69. The van der Waals surface area contributed by atoms with Crippen LogP contribution in [0.5, 0.6) is 0 Å². The van der Waals surface area contributed by atoms with Crippen LogP contribution in [0, 0.1) is 0 Å². The van der Waals surface area contributed by atoms with Gasteiger partial charge in [0.2, 0.25) is 0 Å². The number of fused-ring (bicyclic) bond motifs is 1. The maximum absolute atomic E-state index is 12.1. The molecule has 2 N–H and O–H groups in total. The van der Waals surface area contributed by atoms with Gasteiger partial charge in [-0.2, -0.15) is 5.10 Å². The third-order valence-corrected chi connectivity index (χ3v) is 4.03. The molecule has 0 unspecified atom stereocenters. The summed E-state index contributed by atoms with van der Waals surface area (Å²) in [6, 6.07) is 18.7. The van der Waals surface area contributed by atoms with E-state index in [9.17, 15) is 9.59 Å². The monoisotopic (exact) mass is 374 g/mol. The van der Waals surface area contributed by atoms with E-state index >= 15 is 0 Å². The van der Waals surface area contributed by atoms with Crippen LogP contribution in [0.3, 0.4) is 0 Å². The standard InChI is InChI=1S/C21H14N2O5/c24-20(19-11-14-4-1-2-7-17(14)28-19)23-22-12-16-8-9-18(27-16)13-5-3-6-15(10-13)21(25)26/h1-12H,(H,23,24)(H,25,26)/b22-12-. The van der Waals surface area contributed by atoms with E-state index in [1.807, 2.05) is 18.2 Å². The molecule has 0 radical (unpaired) electrons. The first-order chi connectivity index (χ1) is 13.6. The van der Waals surface area contributed by atoms with Crippen molar-refractivity contribution >= 4 is 29.1 Å². The maximum Gasteiger partial charge on any atom is 0.335 e. The zero-order chi connectivity index (χ0) is 19.5. The topological polar surface area (TPSA) is 105 Å². The minimum atomic E-state index is -1.01. The number of carboxylic acids is 1. The Morgan fingerprint density at radius 3 is 2.64 bits per heavy atom. The summed E-state index contributed by atoms with van der Waals surface area (Å²) in [6.45, 7) is 0. The highest BCUT2D eigenvalue weighted by atomic mass is 16.4. The Kier molecular flexibility index (Phi) is 4.47. The number of para-hydroxylation sites is 1. The van der Waals surface area contributed by atoms with Gasteiger partial charge < -0.3 is 13.9 Å². The lowest BCUT2D eigenvalue weighted by Gasteiger charge is -1.99. The van der Waals surface area contributed by atoms with Crippen molar-refractivity contribution in [3.8, 4) is 11.3 Å². The molecule has 0 aliphatic rings. The van der Waals surface area contributed by atoms with Crippen LogP contribution in [0.1, 0.15) is 26.7 Å². The first-order valence-corrected chi connectivity index (χ1v) is 8.36. The van der Waals surface area contributed by atoms with Crippen LogP contribution < -0.4 is 5.43 Å². The van der Waals surface area contributed by atoms with Gasteiger partial charge in [-0.1, -0.05) is 30.3 Å². The van der Waals surface area contributed by atoms with Crippen LogP contribution in [-0.4, -0.2) is 23.2 Å². The van der Waals surface area contributed by atoms with Gasteiger partial charge in [-0.05, 0) is 36.4 Å². The summed E-state index contributed by atoms with van der Waals surface area (Å²) in [6.07, 6.45) is 1.35. The zero-order valence-corrected chi connectivity index (χ0v) is 14.5. The van der Waals surface area contributed by atoms with Gasteiger partial charge in [0.05, 0.1) is 11.8 Å². The molecule has 0 bridgehead atoms. The van der Waals surface area contributed by atoms with Crippen molar-refractivity contribution < 1.29 is 23.5 Å². The summed E-state index contributed by atoms with van der Waals surface area (Å²) in [5.41, 5.74) is 3.80. The van der Waals surface area contributed by atoms with Gasteiger partial charge in [0.15, 0.2) is 5.76 Å². The Morgan fingerprint density at radius 2 is 1.82 bits per heavy atom. The van der Waals surface area contributed by atoms with E-state index in [0.717, 1.165) is 5.39 Å². The molecule has 4 aromatic rings. The number of hydrogen-bond donors (Lipinski definition) is 2. The molecule has 2 aromatic heterocycles. The molecule has 0 aliphatic carbocycles. The smallest absolute Gasteiger partial charge is 0.335 e. The fourth-order valence-electron chi connectivity index (χ4n) is 2.69. The largest absolute Gasteiger partial charge is 0.478 e. The molecule has 1 amide bonds. The minimum absolute atomic E-state index is 0.156. The lowest BCUT2D eigenvalue weighted by molar-refractivity contribution is 0.0696. The molecule has 28 heavy (non-hydrogen) atoms. The summed E-state index contributed by atoms with van der Waals surface area (Å²) in [5, 5.41) is 13.8. The molecule has 7 nitrogen and oxygen atoms in total. The van der Waals surface area contributed by atoms with Crippen LogP contribution in [0.2, 0.25) is 0 Å². The second-order valence-electron chi connectivity index (χ2n) is 5.94. The van der Waals surface area contributed by atoms with Crippen molar-refractivity contribution in [1.29, 1.82) is 0 Å². The maximum atomic E-state index is 12.1. The van der Waals surface area contributed by atoms with Gasteiger partial charge in [-0.25, -0.2) is 10.2 Å². The van der Waals surface area contributed by atoms with Crippen molar-refractivity contribution in [3.05, 3.63) is 83.8 Å². The average molecular weight is 374 g/mol. The summed E-state index contributed by atoms with van der Waals surface area (Å²) < 4.78 is 11.1. The number of amides is 1. The number of rotatable bonds is 5. The van der Waals surface area contributed by atoms with Gasteiger partial charge in [-0.15, -0.1) is 0 Å². The Labute approximate surface area is 158 Å². The molecule has 7 heteroatoms. The lowest BCUT2D eigenvalue weighted by Crippen LogP contribution is -2.16. The molecule has 2 aromatic carbocycles. The van der Waals surface area contributed by atoms with Crippen molar-refractivity contribution in [2.45, 2.75) is 0 Å². The van der Waals surface area contributed by atoms with E-state index in [2.05, 4.69) is 10.5 Å². The molecular formula is C21H14N2O5. The van der Waals surface area contributed by atoms with Crippen molar-refractivity contribution in [3.63, 3.8) is 0 Å². The number of hydrogen-bond acceptors (Lipinski definition) is 5. The fraction of sp³-hybridized carbons (Fsp3) is 0. The lowest BCUT2D eigenvalue weighted by atomic mass is 10.1. The van der Waals surface area contributed by atoms with E-state index < -0.39 is 11.9 Å². The van der Waals surface area contributed by atoms with E-state index in [-0.39, 0.29) is 11.3 Å². The van der Waals surface area contributed by atoms with E-state index in [1.54, 1.807) is 36.4 Å². The molecule has 0 saturated carbocycles. The Morgan fingerprint density at radius 1 is 0.964 bits per heavy atom. The van der Waals surface area contributed by atoms with Gasteiger partial charge in [-0.3, -0.25) is 4.79 Å². The predicted molar refractivity (Wildman–Crippen MR) is 102 cm³/mol. The van der Waals surface area contributed by atoms with Crippen LogP contribution in [0.4, 0.5) is 0 Å². The van der Waals surface area contributed by atoms with Crippen LogP contribution >= 0.6 is 0 Å². The van der Waals surface area contributed by atoms with Crippen molar-refractivity contribution in [2.24, 2.45) is 5.10 Å². The summed E-state index contributed by atoms with van der Waals surface area (Å²) in [5.74, 6) is -0.436. The second kappa shape index (κ2) is 7.24. The molecule has 0 atom stereocenters. The van der Waals surface area contributed by atoms with Crippen LogP contribution in [0.15, 0.2) is 80.7 Å². The Hall–Kier alpha value is -4.13. The summed E-state index contributed by atoms with van der Waals surface area (Å²) in [7, 11) is 0. The quantitative estimate of drug-likeness (QED) is 0.403. The first kappa shape index (κ1) is 17.3. The summed E-state index contributed by atoms with van der Waals surface area (Å²) in [4.78, 5) is 23.2. The normalized spacial score (nSPS) is 11.1. The number of aromatic carboxylic acids is 1. The van der Waals surface area contributed by atoms with E-state index in [1.165, 1.54) is 18.3 Å². The number of hydrazone groups is 1. The van der Waals surface area contributed by atoms with E-state index in [0.29, 0.717) is 22.7 Å². The number of carbonyl (C=O) groups is 2. The van der Waals surface area contributed by atoms with Gasteiger partial charge >= 0.3 is 11.9 Å². The Balaban J connectivity index is 1.45. The molecule has 4 rings (SSSR count). The number of carbonyl (C=O) groups excluding carboxylic acids is 1. The van der Waals surface area contributed by atoms with E-state index in [4.69, 9.17) is 13.9 Å². The molecule has 0 saturated heterocycles. The third-order valence-electron chi connectivity index (χ3n) is 4.03. The van der Waals surface area contributed by atoms with Crippen molar-refractivity contribution in [1.82, 2.24) is 5.43 Å². The molecule has 138 valence electrons. The molecule has 0 fully saturated rings. The number of nitrogens with zero attached hydrogens (tertiary/aromatic N) is 1. The number of benzene rings is 2. The Bertz CT molecular complexity index is 1170. The highest BCUT2D eigenvalue weighted by Crippen LogP contribution is 2.23. The minimum Gasteiger partial charge on any atom is -0.478 e. The second-order valence-corrected chi connectivity index (χ2v) is 5.94. The number of furan rings is 2. The molecule has 2 heterocycles. The highest BCUT2D eigenvalue weighted by molar-refractivity contribution is 5.96. The number of nitrogens with one attached hydrogen (secondary N) is 1. The molecule has 0 spiro atoms.